The molecule has 0 unspecified atom stereocenters. The molecule has 0 saturated heterocycles. The van der Waals surface area contributed by atoms with Gasteiger partial charge in [0, 0.05) is 13.2 Å². The maximum Gasteiger partial charge on any atom is 0.241 e. The van der Waals surface area contributed by atoms with Crippen LogP contribution < -0.4 is 4.72 Å². The summed E-state index contributed by atoms with van der Waals surface area (Å²) in [7, 11) is -1.71. The van der Waals surface area contributed by atoms with Gasteiger partial charge in [-0.2, -0.15) is 5.10 Å². The van der Waals surface area contributed by atoms with Gasteiger partial charge in [-0.05, 0) is 31.5 Å². The SMILES string of the molecule is Cc1ccc(S(=O)(=O)NCc2ccnn2C)c(C)c1. The van der Waals surface area contributed by atoms with Gasteiger partial charge in [-0.15, -0.1) is 0 Å². The molecular formula is C13H17N3O2S. The van der Waals surface area contributed by atoms with Crippen LogP contribution in [0.3, 0.4) is 0 Å². The van der Waals surface area contributed by atoms with Crippen molar-refractivity contribution in [3.05, 3.63) is 47.3 Å². The minimum Gasteiger partial charge on any atom is -0.271 e. The molecule has 0 spiro atoms. The summed E-state index contributed by atoms with van der Waals surface area (Å²) in [6, 6.07) is 7.07. The molecule has 0 fully saturated rings. The summed E-state index contributed by atoms with van der Waals surface area (Å²) in [6.07, 6.45) is 1.64. The molecular weight excluding hydrogens is 262 g/mol. The van der Waals surface area contributed by atoms with Crippen molar-refractivity contribution in [2.45, 2.75) is 25.3 Å². The van der Waals surface area contributed by atoms with Crippen molar-refractivity contribution in [3.63, 3.8) is 0 Å². The van der Waals surface area contributed by atoms with Gasteiger partial charge in [0.05, 0.1) is 17.1 Å². The predicted octanol–water partition coefficient (Wildman–Crippen LogP) is 1.52. The molecule has 0 bridgehead atoms. The average Bonchev–Trinajstić information content (AvgIpc) is 2.72. The Balaban J connectivity index is 2.21. The summed E-state index contributed by atoms with van der Waals surface area (Å²) in [4.78, 5) is 0.320. The Bertz CT molecular complexity index is 690. The number of nitrogens with zero attached hydrogens (tertiary/aromatic N) is 2. The van der Waals surface area contributed by atoms with Crippen LogP contribution in [0.25, 0.3) is 0 Å². The molecule has 1 aromatic carbocycles. The zero-order chi connectivity index (χ0) is 14.0. The maximum atomic E-state index is 12.2. The van der Waals surface area contributed by atoms with E-state index in [1.165, 1.54) is 0 Å². The van der Waals surface area contributed by atoms with Crippen LogP contribution in [-0.2, 0) is 23.6 Å². The lowest BCUT2D eigenvalue weighted by Gasteiger charge is -2.10. The molecule has 0 aliphatic carbocycles. The molecule has 0 aliphatic heterocycles. The first-order valence-electron chi connectivity index (χ1n) is 5.94. The summed E-state index contributed by atoms with van der Waals surface area (Å²) in [6.45, 7) is 3.96. The number of aromatic nitrogens is 2. The summed E-state index contributed by atoms with van der Waals surface area (Å²) in [5.74, 6) is 0. The van der Waals surface area contributed by atoms with E-state index < -0.39 is 10.0 Å². The Kier molecular flexibility index (Phi) is 3.73. The number of aryl methyl sites for hydroxylation is 3. The molecule has 0 aliphatic rings. The standard InChI is InChI=1S/C13H17N3O2S/c1-10-4-5-13(11(2)8-10)19(17,18)15-9-12-6-7-14-16(12)3/h4-8,15H,9H2,1-3H3. The zero-order valence-corrected chi connectivity index (χ0v) is 12.0. The van der Waals surface area contributed by atoms with Crippen molar-refractivity contribution in [2.24, 2.45) is 7.05 Å². The molecule has 102 valence electrons. The Labute approximate surface area is 113 Å². The van der Waals surface area contributed by atoms with Gasteiger partial charge in [0.2, 0.25) is 10.0 Å². The quantitative estimate of drug-likeness (QED) is 0.922. The van der Waals surface area contributed by atoms with Gasteiger partial charge >= 0.3 is 0 Å². The summed E-state index contributed by atoms with van der Waals surface area (Å²) >= 11 is 0. The normalized spacial score (nSPS) is 11.7. The third-order valence-electron chi connectivity index (χ3n) is 2.99. The fraction of sp³-hybridized carbons (Fsp3) is 0.308. The maximum absolute atomic E-state index is 12.2. The van der Waals surface area contributed by atoms with Gasteiger partial charge in [0.25, 0.3) is 0 Å². The fourth-order valence-corrected chi connectivity index (χ4v) is 3.15. The summed E-state index contributed by atoms with van der Waals surface area (Å²) in [5, 5.41) is 4.00. The van der Waals surface area contributed by atoms with Crippen molar-refractivity contribution in [1.29, 1.82) is 0 Å². The van der Waals surface area contributed by atoms with Crippen LogP contribution in [0.5, 0.6) is 0 Å². The van der Waals surface area contributed by atoms with Gasteiger partial charge in [-0.3, -0.25) is 4.68 Å². The number of sulfonamides is 1. The lowest BCUT2D eigenvalue weighted by Crippen LogP contribution is -2.25. The van der Waals surface area contributed by atoms with Gasteiger partial charge in [-0.25, -0.2) is 13.1 Å². The summed E-state index contributed by atoms with van der Waals surface area (Å²) < 4.78 is 28.7. The molecule has 5 nitrogen and oxygen atoms in total. The highest BCUT2D eigenvalue weighted by Crippen LogP contribution is 2.16. The molecule has 2 aromatic rings. The first-order valence-corrected chi connectivity index (χ1v) is 7.42. The predicted molar refractivity (Wildman–Crippen MR) is 73.1 cm³/mol. The van der Waals surface area contributed by atoms with Gasteiger partial charge in [0.1, 0.15) is 0 Å². The van der Waals surface area contributed by atoms with Crippen LogP contribution in [0.15, 0.2) is 35.4 Å². The second-order valence-corrected chi connectivity index (χ2v) is 6.28. The second kappa shape index (κ2) is 5.14. The fourth-order valence-electron chi connectivity index (χ4n) is 1.92. The lowest BCUT2D eigenvalue weighted by molar-refractivity contribution is 0.576. The van der Waals surface area contributed by atoms with Crippen molar-refractivity contribution in [1.82, 2.24) is 14.5 Å². The Morgan fingerprint density at radius 2 is 2.00 bits per heavy atom. The molecule has 1 N–H and O–H groups in total. The van der Waals surface area contributed by atoms with E-state index in [0.29, 0.717) is 4.90 Å². The van der Waals surface area contributed by atoms with E-state index in [9.17, 15) is 8.42 Å². The van der Waals surface area contributed by atoms with E-state index in [0.717, 1.165) is 16.8 Å². The van der Waals surface area contributed by atoms with E-state index >= 15 is 0 Å². The van der Waals surface area contributed by atoms with E-state index in [2.05, 4.69) is 9.82 Å². The number of hydrogen-bond acceptors (Lipinski definition) is 3. The highest BCUT2D eigenvalue weighted by molar-refractivity contribution is 7.89. The lowest BCUT2D eigenvalue weighted by atomic mass is 10.2. The minimum atomic E-state index is -3.49. The summed E-state index contributed by atoms with van der Waals surface area (Å²) in [5.41, 5.74) is 2.61. The topological polar surface area (TPSA) is 64.0 Å². The number of hydrogen-bond donors (Lipinski definition) is 1. The zero-order valence-electron chi connectivity index (χ0n) is 11.2. The van der Waals surface area contributed by atoms with Crippen LogP contribution in [0, 0.1) is 13.8 Å². The first-order chi connectivity index (χ1) is 8.90. The van der Waals surface area contributed by atoms with Gasteiger partial charge < -0.3 is 0 Å². The molecule has 19 heavy (non-hydrogen) atoms. The van der Waals surface area contributed by atoms with Crippen molar-refractivity contribution >= 4 is 10.0 Å². The third-order valence-corrected chi connectivity index (χ3v) is 4.55. The largest absolute Gasteiger partial charge is 0.271 e. The molecule has 2 rings (SSSR count). The second-order valence-electron chi connectivity index (χ2n) is 4.54. The molecule has 0 atom stereocenters. The van der Waals surface area contributed by atoms with Crippen molar-refractivity contribution < 1.29 is 8.42 Å². The third kappa shape index (κ3) is 3.02. The van der Waals surface area contributed by atoms with Crippen LogP contribution in [0.2, 0.25) is 0 Å². The highest BCUT2D eigenvalue weighted by atomic mass is 32.2. The van der Waals surface area contributed by atoms with Gasteiger partial charge in [-0.1, -0.05) is 17.7 Å². The van der Waals surface area contributed by atoms with E-state index in [1.54, 1.807) is 43.0 Å². The van der Waals surface area contributed by atoms with E-state index in [-0.39, 0.29) is 6.54 Å². The molecule has 0 amide bonds. The average molecular weight is 279 g/mol. The monoisotopic (exact) mass is 279 g/mol. The van der Waals surface area contributed by atoms with E-state index in [4.69, 9.17) is 0 Å². The number of rotatable bonds is 4. The number of benzene rings is 1. The van der Waals surface area contributed by atoms with Crippen LogP contribution in [0.1, 0.15) is 16.8 Å². The van der Waals surface area contributed by atoms with E-state index in [1.807, 2.05) is 13.0 Å². The van der Waals surface area contributed by atoms with Gasteiger partial charge in [0.15, 0.2) is 0 Å². The Morgan fingerprint density at radius 3 is 2.58 bits per heavy atom. The first kappa shape index (κ1) is 13.8. The Hall–Kier alpha value is -1.66. The Morgan fingerprint density at radius 1 is 1.26 bits per heavy atom. The van der Waals surface area contributed by atoms with Crippen LogP contribution in [-0.4, -0.2) is 18.2 Å². The van der Waals surface area contributed by atoms with Crippen LogP contribution in [0.4, 0.5) is 0 Å². The van der Waals surface area contributed by atoms with Crippen molar-refractivity contribution in [3.8, 4) is 0 Å². The van der Waals surface area contributed by atoms with Crippen LogP contribution >= 0.6 is 0 Å². The molecule has 0 saturated carbocycles. The number of nitrogens with one attached hydrogen (secondary N) is 1. The minimum absolute atomic E-state index is 0.228. The molecule has 6 heteroatoms. The van der Waals surface area contributed by atoms with Crippen molar-refractivity contribution in [2.75, 3.05) is 0 Å². The highest BCUT2D eigenvalue weighted by Gasteiger charge is 2.16. The molecule has 1 aromatic heterocycles. The molecule has 0 radical (unpaired) electrons. The molecule has 1 heterocycles. The smallest absolute Gasteiger partial charge is 0.241 e.